The molecule has 130 valence electrons. The molecule has 1 aliphatic heterocycles. The lowest BCUT2D eigenvalue weighted by Gasteiger charge is -2.25. The van der Waals surface area contributed by atoms with E-state index in [9.17, 15) is 4.79 Å². The number of rotatable bonds is 4. The second-order valence-electron chi connectivity index (χ2n) is 6.41. The number of ether oxygens (including phenoxy) is 1. The summed E-state index contributed by atoms with van der Waals surface area (Å²) in [7, 11) is 1.39. The summed E-state index contributed by atoms with van der Waals surface area (Å²) in [6, 6.07) is 9.71. The maximum absolute atomic E-state index is 11.7. The SMILES string of the molecule is COC(=O)c1ccc2nc(-c3ccc(CN4CCCCC4)s3)[nH]c2c1. The van der Waals surface area contributed by atoms with Gasteiger partial charge in [-0.3, -0.25) is 4.90 Å². The Morgan fingerprint density at radius 1 is 1.24 bits per heavy atom. The Morgan fingerprint density at radius 2 is 2.08 bits per heavy atom. The highest BCUT2D eigenvalue weighted by atomic mass is 32.1. The van der Waals surface area contributed by atoms with Gasteiger partial charge in [0.05, 0.1) is 28.6 Å². The van der Waals surface area contributed by atoms with Gasteiger partial charge in [-0.05, 0) is 56.3 Å². The first-order valence-electron chi connectivity index (χ1n) is 8.62. The zero-order chi connectivity index (χ0) is 17.2. The predicted octanol–water partition coefficient (Wildman–Crippen LogP) is 4.06. The Labute approximate surface area is 150 Å². The smallest absolute Gasteiger partial charge is 0.337 e. The lowest BCUT2D eigenvalue weighted by Crippen LogP contribution is -2.28. The Bertz CT molecular complexity index is 893. The van der Waals surface area contributed by atoms with Gasteiger partial charge in [0.25, 0.3) is 0 Å². The fourth-order valence-corrected chi connectivity index (χ4v) is 4.29. The first-order valence-corrected chi connectivity index (χ1v) is 9.44. The van der Waals surface area contributed by atoms with Crippen LogP contribution >= 0.6 is 11.3 Å². The molecule has 0 unspecified atom stereocenters. The van der Waals surface area contributed by atoms with E-state index in [0.29, 0.717) is 5.56 Å². The summed E-state index contributed by atoms with van der Waals surface area (Å²) in [5.74, 6) is 0.518. The maximum atomic E-state index is 11.7. The van der Waals surface area contributed by atoms with Crippen molar-refractivity contribution < 1.29 is 9.53 Å². The minimum atomic E-state index is -0.335. The zero-order valence-corrected chi connectivity index (χ0v) is 15.1. The topological polar surface area (TPSA) is 58.2 Å². The number of aromatic amines is 1. The highest BCUT2D eigenvalue weighted by Crippen LogP contribution is 2.29. The normalized spacial score (nSPS) is 15.6. The number of hydrogen-bond acceptors (Lipinski definition) is 5. The van der Waals surface area contributed by atoms with Crippen LogP contribution in [-0.4, -0.2) is 41.0 Å². The number of thiophene rings is 1. The van der Waals surface area contributed by atoms with Gasteiger partial charge in [0, 0.05) is 11.4 Å². The molecule has 0 saturated carbocycles. The fraction of sp³-hybridized carbons (Fsp3) is 0.368. The average Bonchev–Trinajstić information content (AvgIpc) is 3.27. The second kappa shape index (κ2) is 6.98. The molecule has 1 fully saturated rings. The van der Waals surface area contributed by atoms with Crippen LogP contribution in [0, 0.1) is 0 Å². The van der Waals surface area contributed by atoms with Gasteiger partial charge < -0.3 is 9.72 Å². The number of fused-ring (bicyclic) bond motifs is 1. The maximum Gasteiger partial charge on any atom is 0.337 e. The van der Waals surface area contributed by atoms with Gasteiger partial charge in [0.2, 0.25) is 0 Å². The summed E-state index contributed by atoms with van der Waals surface area (Å²) >= 11 is 1.78. The molecule has 1 aromatic carbocycles. The predicted molar refractivity (Wildman–Crippen MR) is 99.9 cm³/mol. The van der Waals surface area contributed by atoms with Crippen molar-refractivity contribution in [3.05, 3.63) is 40.8 Å². The molecule has 4 rings (SSSR count). The largest absolute Gasteiger partial charge is 0.465 e. The third kappa shape index (κ3) is 3.45. The molecular weight excluding hydrogens is 334 g/mol. The number of benzene rings is 1. The Morgan fingerprint density at radius 3 is 2.88 bits per heavy atom. The summed E-state index contributed by atoms with van der Waals surface area (Å²) in [6.07, 6.45) is 3.98. The Hall–Kier alpha value is -2.18. The van der Waals surface area contributed by atoms with Crippen molar-refractivity contribution in [2.75, 3.05) is 20.2 Å². The number of methoxy groups -OCH3 is 1. The van der Waals surface area contributed by atoms with E-state index in [1.807, 2.05) is 6.07 Å². The number of esters is 1. The van der Waals surface area contributed by atoms with E-state index in [0.717, 1.165) is 28.3 Å². The van der Waals surface area contributed by atoms with Crippen molar-refractivity contribution in [2.45, 2.75) is 25.8 Å². The molecule has 6 heteroatoms. The van der Waals surface area contributed by atoms with Crippen LogP contribution in [0.15, 0.2) is 30.3 Å². The van der Waals surface area contributed by atoms with Gasteiger partial charge in [-0.2, -0.15) is 0 Å². The van der Waals surface area contributed by atoms with E-state index < -0.39 is 0 Å². The van der Waals surface area contributed by atoms with Gasteiger partial charge in [-0.1, -0.05) is 6.42 Å². The van der Waals surface area contributed by atoms with Gasteiger partial charge in [-0.15, -0.1) is 11.3 Å². The van der Waals surface area contributed by atoms with Crippen LogP contribution in [0.3, 0.4) is 0 Å². The lowest BCUT2D eigenvalue weighted by atomic mass is 10.1. The van der Waals surface area contributed by atoms with Crippen molar-refractivity contribution in [2.24, 2.45) is 0 Å². The van der Waals surface area contributed by atoms with Crippen LogP contribution in [0.4, 0.5) is 0 Å². The molecule has 5 nitrogen and oxygen atoms in total. The molecule has 3 aromatic rings. The molecule has 25 heavy (non-hydrogen) atoms. The van der Waals surface area contributed by atoms with Gasteiger partial charge in [-0.25, -0.2) is 9.78 Å². The van der Waals surface area contributed by atoms with E-state index in [2.05, 4.69) is 27.0 Å². The molecule has 0 spiro atoms. The molecule has 2 aromatic heterocycles. The minimum absolute atomic E-state index is 0.335. The van der Waals surface area contributed by atoms with Crippen LogP contribution in [0.2, 0.25) is 0 Å². The van der Waals surface area contributed by atoms with E-state index in [-0.39, 0.29) is 5.97 Å². The third-order valence-corrected chi connectivity index (χ3v) is 5.70. The summed E-state index contributed by atoms with van der Waals surface area (Å²) in [4.78, 5) is 24.7. The minimum Gasteiger partial charge on any atom is -0.465 e. The van der Waals surface area contributed by atoms with E-state index in [1.165, 1.54) is 44.3 Å². The van der Waals surface area contributed by atoms with Gasteiger partial charge in [0.1, 0.15) is 5.82 Å². The molecule has 1 aliphatic rings. The Kier molecular flexibility index (Phi) is 4.55. The number of piperidine rings is 1. The first kappa shape index (κ1) is 16.3. The number of H-pyrrole nitrogens is 1. The molecule has 0 amide bonds. The van der Waals surface area contributed by atoms with Crippen molar-refractivity contribution >= 4 is 28.3 Å². The molecule has 0 radical (unpaired) electrons. The Balaban J connectivity index is 1.56. The fourth-order valence-electron chi connectivity index (χ4n) is 3.30. The second-order valence-corrected chi connectivity index (χ2v) is 7.58. The standard InChI is InChI=1S/C19H21N3O2S/c1-24-19(23)13-5-7-15-16(11-13)21-18(20-15)17-8-6-14(25-17)12-22-9-3-2-4-10-22/h5-8,11H,2-4,9-10,12H2,1H3,(H,20,21). The lowest BCUT2D eigenvalue weighted by molar-refractivity contribution is 0.0601. The van der Waals surface area contributed by atoms with Crippen molar-refractivity contribution in [1.29, 1.82) is 0 Å². The summed E-state index contributed by atoms with van der Waals surface area (Å²) in [6.45, 7) is 3.43. The molecule has 1 N–H and O–H groups in total. The summed E-state index contributed by atoms with van der Waals surface area (Å²) in [5, 5.41) is 0. The number of carbonyl (C=O) groups excluding carboxylic acids is 1. The van der Waals surface area contributed by atoms with Crippen molar-refractivity contribution in [1.82, 2.24) is 14.9 Å². The summed E-state index contributed by atoms with van der Waals surface area (Å²) < 4.78 is 4.78. The molecule has 0 aliphatic carbocycles. The van der Waals surface area contributed by atoms with Crippen LogP contribution in [-0.2, 0) is 11.3 Å². The number of hydrogen-bond donors (Lipinski definition) is 1. The van der Waals surface area contributed by atoms with Crippen LogP contribution in [0.25, 0.3) is 21.7 Å². The van der Waals surface area contributed by atoms with Gasteiger partial charge >= 0.3 is 5.97 Å². The number of likely N-dealkylation sites (tertiary alicyclic amines) is 1. The molecule has 3 heterocycles. The van der Waals surface area contributed by atoms with Crippen molar-refractivity contribution in [3.8, 4) is 10.7 Å². The zero-order valence-electron chi connectivity index (χ0n) is 14.2. The number of nitrogens with zero attached hydrogens (tertiary/aromatic N) is 2. The summed E-state index contributed by atoms with van der Waals surface area (Å²) in [5.41, 5.74) is 2.24. The average molecular weight is 355 g/mol. The number of aromatic nitrogens is 2. The van der Waals surface area contributed by atoms with Crippen LogP contribution in [0.5, 0.6) is 0 Å². The molecule has 0 atom stereocenters. The molecule has 0 bridgehead atoms. The number of carbonyl (C=O) groups is 1. The molecule has 1 saturated heterocycles. The van der Waals surface area contributed by atoms with E-state index in [1.54, 1.807) is 23.5 Å². The van der Waals surface area contributed by atoms with Gasteiger partial charge in [0.15, 0.2) is 0 Å². The van der Waals surface area contributed by atoms with Crippen LogP contribution in [0.1, 0.15) is 34.5 Å². The third-order valence-electron chi connectivity index (χ3n) is 4.63. The van der Waals surface area contributed by atoms with E-state index in [4.69, 9.17) is 4.74 Å². The number of imidazole rings is 1. The highest BCUT2D eigenvalue weighted by molar-refractivity contribution is 7.15. The first-order chi connectivity index (χ1) is 12.2. The number of nitrogens with one attached hydrogen (secondary N) is 1. The van der Waals surface area contributed by atoms with E-state index >= 15 is 0 Å². The highest BCUT2D eigenvalue weighted by Gasteiger charge is 2.14. The van der Waals surface area contributed by atoms with Crippen molar-refractivity contribution in [3.63, 3.8) is 0 Å². The molecular formula is C19H21N3O2S. The van der Waals surface area contributed by atoms with Crippen LogP contribution < -0.4 is 0 Å². The monoisotopic (exact) mass is 355 g/mol. The quantitative estimate of drug-likeness (QED) is 0.717.